The number of benzene rings is 1. The van der Waals surface area contributed by atoms with E-state index in [2.05, 4.69) is 15.6 Å². The van der Waals surface area contributed by atoms with Crippen molar-refractivity contribution in [3.8, 4) is 5.75 Å². The van der Waals surface area contributed by atoms with Gasteiger partial charge in [-0.15, -0.1) is 24.0 Å². The van der Waals surface area contributed by atoms with Crippen molar-refractivity contribution in [3.63, 3.8) is 0 Å². The zero-order chi connectivity index (χ0) is 16.9. The fraction of sp³-hybridized carbons (Fsp3) is 0.632. The zero-order valence-electron chi connectivity index (χ0n) is 15.1. The Morgan fingerprint density at radius 2 is 2.00 bits per heavy atom. The second-order valence-electron chi connectivity index (χ2n) is 7.04. The van der Waals surface area contributed by atoms with E-state index in [1.54, 1.807) is 19.2 Å². The summed E-state index contributed by atoms with van der Waals surface area (Å²) >= 11 is 0. The highest BCUT2D eigenvalue weighted by atomic mass is 127. The molecule has 1 atom stereocenters. The number of halogens is 2. The molecule has 25 heavy (non-hydrogen) atoms. The van der Waals surface area contributed by atoms with Gasteiger partial charge in [-0.1, -0.05) is 18.9 Å². The van der Waals surface area contributed by atoms with Crippen molar-refractivity contribution in [2.45, 2.75) is 45.1 Å². The van der Waals surface area contributed by atoms with Gasteiger partial charge in [0.05, 0.1) is 12.6 Å². The van der Waals surface area contributed by atoms with Crippen LogP contribution in [0.3, 0.4) is 0 Å². The molecule has 2 fully saturated rings. The quantitative estimate of drug-likeness (QED) is 0.346. The monoisotopic (exact) mass is 461 g/mol. The summed E-state index contributed by atoms with van der Waals surface area (Å²) in [5.41, 5.74) is 0.886. The van der Waals surface area contributed by atoms with E-state index in [-0.39, 0.29) is 35.8 Å². The highest BCUT2D eigenvalue weighted by Gasteiger charge is 2.23. The summed E-state index contributed by atoms with van der Waals surface area (Å²) in [5.74, 6) is 2.33. The molecule has 0 amide bonds. The maximum atomic E-state index is 14.2. The summed E-state index contributed by atoms with van der Waals surface area (Å²) in [6.07, 6.45) is 6.31. The standard InChI is InChI=1S/C19H28FN3O.HI/c1-13(23-19(21-2)22-10-9-14-3-4-14)16-7-8-18(17(20)11-16)24-12-15-5-6-15;/h7-8,11,13-15H,3-6,9-10,12H2,1-2H3,(H2,21,22,23);1H. The predicted molar refractivity (Wildman–Crippen MR) is 110 cm³/mol. The highest BCUT2D eigenvalue weighted by Crippen LogP contribution is 2.32. The fourth-order valence-electron chi connectivity index (χ4n) is 2.68. The van der Waals surface area contributed by atoms with Gasteiger partial charge in [-0.3, -0.25) is 4.99 Å². The van der Waals surface area contributed by atoms with E-state index in [9.17, 15) is 4.39 Å². The van der Waals surface area contributed by atoms with Crippen LogP contribution in [0.4, 0.5) is 4.39 Å². The first-order valence-corrected chi connectivity index (χ1v) is 9.05. The number of aliphatic imine (C=N–C) groups is 1. The Kier molecular flexibility index (Phi) is 7.78. The summed E-state index contributed by atoms with van der Waals surface area (Å²) in [7, 11) is 1.76. The molecule has 0 aromatic heterocycles. The average molecular weight is 461 g/mol. The summed E-state index contributed by atoms with van der Waals surface area (Å²) in [6, 6.07) is 5.18. The van der Waals surface area contributed by atoms with E-state index >= 15 is 0 Å². The Morgan fingerprint density at radius 3 is 2.60 bits per heavy atom. The molecule has 2 saturated carbocycles. The van der Waals surface area contributed by atoms with Gasteiger partial charge < -0.3 is 15.4 Å². The molecular weight excluding hydrogens is 432 g/mol. The molecule has 2 aliphatic rings. The van der Waals surface area contributed by atoms with Crippen molar-refractivity contribution >= 4 is 29.9 Å². The minimum atomic E-state index is -0.293. The predicted octanol–water partition coefficient (Wildman–Crippen LogP) is 4.26. The molecule has 2 aliphatic carbocycles. The molecule has 0 heterocycles. The molecule has 0 aliphatic heterocycles. The Balaban J connectivity index is 0.00000225. The van der Waals surface area contributed by atoms with E-state index in [1.807, 2.05) is 13.0 Å². The molecule has 3 rings (SSSR count). The maximum Gasteiger partial charge on any atom is 0.191 e. The van der Waals surface area contributed by atoms with Crippen LogP contribution in [-0.2, 0) is 0 Å². The van der Waals surface area contributed by atoms with Crippen LogP contribution >= 0.6 is 24.0 Å². The van der Waals surface area contributed by atoms with Gasteiger partial charge in [0.1, 0.15) is 0 Å². The lowest BCUT2D eigenvalue weighted by molar-refractivity contribution is 0.285. The number of ether oxygens (including phenoxy) is 1. The van der Waals surface area contributed by atoms with Gasteiger partial charge >= 0.3 is 0 Å². The van der Waals surface area contributed by atoms with Gasteiger partial charge in [-0.2, -0.15) is 0 Å². The Hall–Kier alpha value is -1.05. The Morgan fingerprint density at radius 1 is 1.28 bits per heavy atom. The molecule has 2 N–H and O–H groups in total. The van der Waals surface area contributed by atoms with Crippen molar-refractivity contribution in [1.29, 1.82) is 0 Å². The smallest absolute Gasteiger partial charge is 0.191 e. The number of hydrogen-bond acceptors (Lipinski definition) is 2. The number of nitrogens with zero attached hydrogens (tertiary/aromatic N) is 1. The van der Waals surface area contributed by atoms with Crippen molar-refractivity contribution in [2.75, 3.05) is 20.2 Å². The largest absolute Gasteiger partial charge is 0.490 e. The van der Waals surface area contributed by atoms with Crippen molar-refractivity contribution in [1.82, 2.24) is 10.6 Å². The van der Waals surface area contributed by atoms with Crippen molar-refractivity contribution in [2.24, 2.45) is 16.8 Å². The average Bonchev–Trinajstić information content (AvgIpc) is 3.46. The third kappa shape index (κ3) is 6.64. The van der Waals surface area contributed by atoms with Crippen LogP contribution in [0.2, 0.25) is 0 Å². The summed E-state index contributed by atoms with van der Waals surface area (Å²) in [4.78, 5) is 4.24. The van der Waals surface area contributed by atoms with Crippen LogP contribution in [0.15, 0.2) is 23.2 Å². The minimum Gasteiger partial charge on any atom is -0.490 e. The first-order chi connectivity index (χ1) is 11.7. The summed E-state index contributed by atoms with van der Waals surface area (Å²) in [6.45, 7) is 3.56. The molecule has 1 aromatic carbocycles. The van der Waals surface area contributed by atoms with Crippen molar-refractivity contribution < 1.29 is 9.13 Å². The number of rotatable bonds is 8. The minimum absolute atomic E-state index is 0. The zero-order valence-corrected chi connectivity index (χ0v) is 17.4. The SMILES string of the molecule is CN=C(NCCC1CC1)NC(C)c1ccc(OCC2CC2)c(F)c1.I. The van der Waals surface area contributed by atoms with E-state index in [1.165, 1.54) is 32.1 Å². The number of guanidine groups is 1. The summed E-state index contributed by atoms with van der Waals surface area (Å²) in [5, 5.41) is 6.64. The van der Waals surface area contributed by atoms with Crippen LogP contribution in [0.5, 0.6) is 5.75 Å². The lowest BCUT2D eigenvalue weighted by atomic mass is 10.1. The summed E-state index contributed by atoms with van der Waals surface area (Å²) < 4.78 is 19.7. The van der Waals surface area contributed by atoms with Crippen LogP contribution < -0.4 is 15.4 Å². The van der Waals surface area contributed by atoms with Gasteiger partial charge in [0.2, 0.25) is 0 Å². The van der Waals surface area contributed by atoms with Gasteiger partial charge in [0.25, 0.3) is 0 Å². The third-order valence-corrected chi connectivity index (χ3v) is 4.75. The second-order valence-corrected chi connectivity index (χ2v) is 7.04. The van der Waals surface area contributed by atoms with E-state index in [4.69, 9.17) is 4.74 Å². The van der Waals surface area contributed by atoms with Crippen LogP contribution in [0, 0.1) is 17.7 Å². The third-order valence-electron chi connectivity index (χ3n) is 4.75. The molecule has 0 bridgehead atoms. The molecule has 4 nitrogen and oxygen atoms in total. The number of hydrogen-bond donors (Lipinski definition) is 2. The number of nitrogens with one attached hydrogen (secondary N) is 2. The van der Waals surface area contributed by atoms with Gasteiger partial charge in [-0.05, 0) is 55.7 Å². The lowest BCUT2D eigenvalue weighted by Crippen LogP contribution is -2.39. The normalized spacial score (nSPS) is 18.3. The van der Waals surface area contributed by atoms with E-state index in [0.29, 0.717) is 18.3 Å². The molecule has 140 valence electrons. The second kappa shape index (κ2) is 9.59. The van der Waals surface area contributed by atoms with Crippen LogP contribution in [0.25, 0.3) is 0 Å². The Labute approximate surface area is 167 Å². The van der Waals surface area contributed by atoms with Crippen LogP contribution in [0.1, 0.15) is 50.6 Å². The van der Waals surface area contributed by atoms with E-state index < -0.39 is 0 Å². The molecule has 1 unspecified atom stereocenters. The molecule has 6 heteroatoms. The molecular formula is C19H29FIN3O. The first-order valence-electron chi connectivity index (χ1n) is 9.05. The topological polar surface area (TPSA) is 45.7 Å². The molecule has 0 spiro atoms. The Bertz CT molecular complexity index is 588. The van der Waals surface area contributed by atoms with E-state index in [0.717, 1.165) is 24.0 Å². The highest BCUT2D eigenvalue weighted by molar-refractivity contribution is 14.0. The van der Waals surface area contributed by atoms with Gasteiger partial charge in [0, 0.05) is 13.6 Å². The first kappa shape index (κ1) is 20.3. The molecule has 0 saturated heterocycles. The van der Waals surface area contributed by atoms with Crippen molar-refractivity contribution in [3.05, 3.63) is 29.6 Å². The van der Waals surface area contributed by atoms with Crippen LogP contribution in [-0.4, -0.2) is 26.2 Å². The maximum absolute atomic E-state index is 14.2. The van der Waals surface area contributed by atoms with Gasteiger partial charge in [0.15, 0.2) is 17.5 Å². The van der Waals surface area contributed by atoms with Gasteiger partial charge in [-0.25, -0.2) is 4.39 Å². The fourth-order valence-corrected chi connectivity index (χ4v) is 2.68. The molecule has 0 radical (unpaired) electrons. The lowest BCUT2D eigenvalue weighted by Gasteiger charge is -2.19. The molecule has 1 aromatic rings.